The monoisotopic (exact) mass is 393 g/mol. The SMILES string of the molecule is CN(C)N(C([O-])=S=C=S)c1ccccc1-c1ccc(Br)cc1. The van der Waals surface area contributed by atoms with Gasteiger partial charge in [-0.25, -0.2) is 5.01 Å². The van der Waals surface area contributed by atoms with Crippen LogP contribution in [0.3, 0.4) is 0 Å². The number of anilines is 1. The number of halogens is 1. The van der Waals surface area contributed by atoms with Crippen LogP contribution in [-0.4, -0.2) is 28.6 Å². The maximum absolute atomic E-state index is 12.3. The zero-order chi connectivity index (χ0) is 16.1. The number of hydrogen-bond acceptors (Lipinski definition) is 3. The van der Waals surface area contributed by atoms with E-state index in [2.05, 4.69) is 32.5 Å². The molecule has 114 valence electrons. The summed E-state index contributed by atoms with van der Waals surface area (Å²) < 4.78 is 3.43. The van der Waals surface area contributed by atoms with Crippen LogP contribution in [0.5, 0.6) is 0 Å². The average Bonchev–Trinajstić information content (AvgIpc) is 2.49. The van der Waals surface area contributed by atoms with Crippen LogP contribution >= 0.6 is 39.1 Å². The summed E-state index contributed by atoms with van der Waals surface area (Å²) in [5, 5.41) is 15.5. The van der Waals surface area contributed by atoms with E-state index in [0.29, 0.717) is 0 Å². The molecule has 0 aliphatic carbocycles. The van der Waals surface area contributed by atoms with Gasteiger partial charge < -0.3 is 5.11 Å². The van der Waals surface area contributed by atoms with Crippen molar-refractivity contribution in [1.29, 1.82) is 0 Å². The number of rotatable bonds is 3. The molecule has 2 rings (SSSR count). The van der Waals surface area contributed by atoms with Crippen LogP contribution in [0, 0.1) is 0 Å². The van der Waals surface area contributed by atoms with E-state index < -0.39 is 0 Å². The van der Waals surface area contributed by atoms with Crippen molar-refractivity contribution in [2.24, 2.45) is 0 Å². The first kappa shape index (κ1) is 17.1. The van der Waals surface area contributed by atoms with Crippen LogP contribution < -0.4 is 10.1 Å². The van der Waals surface area contributed by atoms with Crippen LogP contribution in [0.4, 0.5) is 5.69 Å². The first-order valence-corrected chi connectivity index (χ1v) is 8.46. The van der Waals surface area contributed by atoms with Gasteiger partial charge in [0.25, 0.3) is 0 Å². The van der Waals surface area contributed by atoms with Gasteiger partial charge in [0, 0.05) is 33.6 Å². The zero-order valence-corrected chi connectivity index (χ0v) is 15.3. The van der Waals surface area contributed by atoms with Gasteiger partial charge >= 0.3 is 0 Å². The van der Waals surface area contributed by atoms with Gasteiger partial charge in [-0.3, -0.25) is 5.01 Å². The van der Waals surface area contributed by atoms with Gasteiger partial charge in [0.2, 0.25) is 0 Å². The number of benzene rings is 2. The van der Waals surface area contributed by atoms with E-state index >= 15 is 0 Å². The molecule has 0 saturated carbocycles. The Kier molecular flexibility index (Phi) is 6.08. The molecule has 0 amide bonds. The minimum atomic E-state index is -0.190. The van der Waals surface area contributed by atoms with Crippen LogP contribution in [0.2, 0.25) is 0 Å². The molecular weight excluding hydrogens is 380 g/mol. The fraction of sp³-hybridized carbons (Fsp3) is 0.125. The van der Waals surface area contributed by atoms with Gasteiger partial charge in [0.15, 0.2) is 0 Å². The molecule has 6 heteroatoms. The lowest BCUT2D eigenvalue weighted by Gasteiger charge is -2.36. The van der Waals surface area contributed by atoms with Crippen molar-refractivity contribution in [3.63, 3.8) is 0 Å². The van der Waals surface area contributed by atoms with Crippen molar-refractivity contribution in [2.45, 2.75) is 0 Å². The molecule has 0 aliphatic rings. The quantitative estimate of drug-likeness (QED) is 0.590. The highest BCUT2D eigenvalue weighted by Gasteiger charge is 2.13. The van der Waals surface area contributed by atoms with Crippen molar-refractivity contribution in [2.75, 3.05) is 19.1 Å². The molecule has 0 atom stereocenters. The number of thiocarbonyl (C=S) groups is 1. The van der Waals surface area contributed by atoms with Crippen LogP contribution in [0.1, 0.15) is 0 Å². The van der Waals surface area contributed by atoms with Gasteiger partial charge in [-0.15, -0.1) is 0 Å². The van der Waals surface area contributed by atoms with Crippen molar-refractivity contribution >= 4 is 54.3 Å². The summed E-state index contributed by atoms with van der Waals surface area (Å²) in [6, 6.07) is 15.8. The number of hydrazine groups is 1. The molecule has 0 spiro atoms. The lowest BCUT2D eigenvalue weighted by atomic mass is 10.0. The minimum absolute atomic E-state index is 0.190. The third kappa shape index (κ3) is 3.93. The largest absolute Gasteiger partial charge is 0.804 e. The Morgan fingerprint density at radius 2 is 1.77 bits per heavy atom. The lowest BCUT2D eigenvalue weighted by molar-refractivity contribution is -0.214. The van der Waals surface area contributed by atoms with Gasteiger partial charge in [-0.2, -0.15) is 0 Å². The Balaban J connectivity index is 2.62. The fourth-order valence-corrected chi connectivity index (χ4v) is 2.99. The molecule has 0 N–H and O–H groups in total. The molecule has 0 radical (unpaired) electrons. The Labute approximate surface area is 147 Å². The molecule has 2 aromatic rings. The fourth-order valence-electron chi connectivity index (χ4n) is 2.09. The molecule has 2 aromatic carbocycles. The molecular formula is C16H14BrN2OS2-. The summed E-state index contributed by atoms with van der Waals surface area (Å²) in [7, 11) is 4.51. The van der Waals surface area contributed by atoms with Crippen LogP contribution in [0.15, 0.2) is 53.0 Å². The second-order valence-electron chi connectivity index (χ2n) is 4.63. The average molecular weight is 394 g/mol. The summed E-state index contributed by atoms with van der Waals surface area (Å²) in [4.78, 5) is 0. The Hall–Kier alpha value is -1.27. The maximum Gasteiger partial charge on any atom is 0.0649 e. The summed E-state index contributed by atoms with van der Waals surface area (Å²) in [6.07, 6.45) is 0. The number of para-hydroxylation sites is 1. The van der Waals surface area contributed by atoms with Gasteiger partial charge in [-0.05, 0) is 36.0 Å². The van der Waals surface area contributed by atoms with Crippen molar-refractivity contribution in [3.8, 4) is 11.1 Å². The standard InChI is InChI=1S/C16H15BrN2OS2/c1-18(2)19(16(20)22-11-21)15-6-4-3-5-14(15)12-7-9-13(17)10-8-12/h3-10,20H,1-2H3/p-1. The lowest BCUT2D eigenvalue weighted by Crippen LogP contribution is -2.47. The molecule has 3 nitrogen and oxygen atoms in total. The third-order valence-electron chi connectivity index (χ3n) is 2.99. The molecule has 0 aromatic heterocycles. The maximum atomic E-state index is 12.3. The van der Waals surface area contributed by atoms with Gasteiger partial charge in [0.05, 0.1) is 5.69 Å². The second kappa shape index (κ2) is 7.83. The highest BCUT2D eigenvalue weighted by atomic mass is 79.9. The first-order valence-electron chi connectivity index (χ1n) is 6.45. The summed E-state index contributed by atoms with van der Waals surface area (Å²) >= 11 is 8.10. The third-order valence-corrected chi connectivity index (χ3v) is 4.20. The predicted molar refractivity (Wildman–Crippen MR) is 101 cm³/mol. The van der Waals surface area contributed by atoms with Crippen molar-refractivity contribution in [3.05, 3.63) is 53.0 Å². The second-order valence-corrected chi connectivity index (χ2v) is 6.77. The van der Waals surface area contributed by atoms with E-state index in [1.807, 2.05) is 62.6 Å². The smallest absolute Gasteiger partial charge is 0.0649 e. The van der Waals surface area contributed by atoms with Crippen molar-refractivity contribution < 1.29 is 5.11 Å². The molecule has 0 heterocycles. The Bertz CT molecular complexity index is 749. The zero-order valence-electron chi connectivity index (χ0n) is 12.1. The molecule has 22 heavy (non-hydrogen) atoms. The van der Waals surface area contributed by atoms with E-state index in [1.54, 1.807) is 10.0 Å². The van der Waals surface area contributed by atoms with Gasteiger partial charge in [-0.1, -0.05) is 57.2 Å². The predicted octanol–water partition coefficient (Wildman–Crippen LogP) is 3.41. The van der Waals surface area contributed by atoms with E-state index in [4.69, 9.17) is 0 Å². The Morgan fingerprint density at radius 3 is 2.36 bits per heavy atom. The van der Waals surface area contributed by atoms with Crippen molar-refractivity contribution in [1.82, 2.24) is 5.01 Å². The highest BCUT2D eigenvalue weighted by Crippen LogP contribution is 2.31. The number of hydrogen-bond donors (Lipinski definition) is 0. The Morgan fingerprint density at radius 1 is 1.14 bits per heavy atom. The molecule has 0 unspecified atom stereocenters. The number of nitrogens with zero attached hydrogens (tertiary/aromatic N) is 2. The van der Waals surface area contributed by atoms with Gasteiger partial charge in [0.1, 0.15) is 0 Å². The minimum Gasteiger partial charge on any atom is -0.804 e. The highest BCUT2D eigenvalue weighted by molar-refractivity contribution is 9.10. The summed E-state index contributed by atoms with van der Waals surface area (Å²) in [5.41, 5.74) is 2.81. The molecule has 0 bridgehead atoms. The van der Waals surface area contributed by atoms with Crippen LogP contribution in [0.25, 0.3) is 11.1 Å². The van der Waals surface area contributed by atoms with E-state index in [-0.39, 0.29) is 5.17 Å². The normalized spacial score (nSPS) is 10.2. The first-order chi connectivity index (χ1) is 10.5. The molecule has 0 saturated heterocycles. The van der Waals surface area contributed by atoms with E-state index in [9.17, 15) is 5.11 Å². The summed E-state index contributed by atoms with van der Waals surface area (Å²) in [5.74, 6) is 0. The molecule has 0 aliphatic heterocycles. The van der Waals surface area contributed by atoms with E-state index in [0.717, 1.165) is 32.2 Å². The van der Waals surface area contributed by atoms with E-state index in [1.165, 1.54) is 0 Å². The summed E-state index contributed by atoms with van der Waals surface area (Å²) in [6.45, 7) is 0. The molecule has 0 fully saturated rings. The topological polar surface area (TPSA) is 29.5 Å². The van der Waals surface area contributed by atoms with Crippen LogP contribution in [-0.2, 0) is 0 Å².